The average Bonchev–Trinajstić information content (AvgIpc) is 3.72. The fraction of sp³-hybridized carbons (Fsp3) is 0.119. The van der Waals surface area contributed by atoms with Crippen LogP contribution in [0.3, 0.4) is 0 Å². The van der Waals surface area contributed by atoms with E-state index in [9.17, 15) is 4.79 Å². The molecule has 0 spiro atoms. The normalized spacial score (nSPS) is 13.9. The number of nitrogens with zero attached hydrogens (tertiary/aromatic N) is 2. The van der Waals surface area contributed by atoms with Crippen LogP contribution in [0.1, 0.15) is 31.7 Å². The molecule has 9 rings (SSSR count). The molecule has 3 nitrogen and oxygen atoms in total. The van der Waals surface area contributed by atoms with Crippen molar-refractivity contribution in [2.45, 2.75) is 31.7 Å². The molecule has 1 aromatic heterocycles. The number of rotatable bonds is 4. The van der Waals surface area contributed by atoms with E-state index in [1.807, 2.05) is 21.3 Å². The van der Waals surface area contributed by atoms with Gasteiger partial charge < -0.3 is 0 Å². The maximum Gasteiger partial charge on any atom is 0.333 e. The summed E-state index contributed by atoms with van der Waals surface area (Å²) in [6.07, 6.45) is 4.52. The Morgan fingerprint density at radius 2 is 1.00 bits per heavy atom. The van der Waals surface area contributed by atoms with Crippen molar-refractivity contribution in [2.24, 2.45) is 0 Å². The Labute approximate surface area is 261 Å². The van der Waals surface area contributed by atoms with Crippen LogP contribution < -0.4 is 5.69 Å². The van der Waals surface area contributed by atoms with Gasteiger partial charge in [-0.25, -0.2) is 4.79 Å². The van der Waals surface area contributed by atoms with Crippen molar-refractivity contribution in [3.63, 3.8) is 0 Å². The molecule has 0 aliphatic heterocycles. The minimum atomic E-state index is 0.0616. The number of para-hydroxylation sites is 2. The zero-order valence-electron chi connectivity index (χ0n) is 25.0. The number of benzene rings is 7. The molecule has 3 heteroatoms. The predicted molar refractivity (Wildman–Crippen MR) is 188 cm³/mol. The van der Waals surface area contributed by atoms with Crippen molar-refractivity contribution >= 4 is 43.4 Å². The second-order valence-electron chi connectivity index (χ2n) is 12.4. The molecule has 8 aromatic rings. The summed E-state index contributed by atoms with van der Waals surface area (Å²) in [5.74, 6) is 0. The maximum atomic E-state index is 14.0. The lowest BCUT2D eigenvalue weighted by Crippen LogP contribution is -2.25. The highest BCUT2D eigenvalue weighted by atomic mass is 16.1. The van der Waals surface area contributed by atoms with Gasteiger partial charge in [-0.1, -0.05) is 122 Å². The molecule has 7 aromatic carbocycles. The van der Waals surface area contributed by atoms with Crippen LogP contribution in [0.5, 0.6) is 0 Å². The summed E-state index contributed by atoms with van der Waals surface area (Å²) in [5, 5.41) is 7.41. The highest BCUT2D eigenvalue weighted by molar-refractivity contribution is 6.21. The Bertz CT molecular complexity index is 2400. The second-order valence-corrected chi connectivity index (χ2v) is 12.4. The summed E-state index contributed by atoms with van der Waals surface area (Å²) in [5.41, 5.74) is 7.81. The molecule has 1 aliphatic rings. The lowest BCUT2D eigenvalue weighted by Gasteiger charge is -2.18. The quantitative estimate of drug-likeness (QED) is 0.190. The Morgan fingerprint density at radius 3 is 1.64 bits per heavy atom. The molecule has 1 fully saturated rings. The number of fused-ring (bicyclic) bond motifs is 4. The first-order chi connectivity index (χ1) is 22.3. The summed E-state index contributed by atoms with van der Waals surface area (Å²) in [4.78, 5) is 14.0. The average molecular weight is 581 g/mol. The maximum absolute atomic E-state index is 14.0. The van der Waals surface area contributed by atoms with Crippen molar-refractivity contribution in [2.75, 3.05) is 0 Å². The zero-order valence-corrected chi connectivity index (χ0v) is 25.0. The van der Waals surface area contributed by atoms with Crippen molar-refractivity contribution in [3.05, 3.63) is 150 Å². The minimum Gasteiger partial charge on any atom is -0.289 e. The SMILES string of the molecule is O=c1n(-c2ccc(-c3c4ccccc4c(-c4ccc5ccccc5c4)c4ccccc34)cc2)c2ccccc2n1C1CCCC1. The number of imidazole rings is 1. The Hall–Kier alpha value is -5.41. The monoisotopic (exact) mass is 580 g/mol. The number of aromatic nitrogens is 2. The van der Waals surface area contributed by atoms with Crippen molar-refractivity contribution in [1.29, 1.82) is 0 Å². The first-order valence-electron chi connectivity index (χ1n) is 16.0. The molecule has 0 radical (unpaired) electrons. The van der Waals surface area contributed by atoms with E-state index in [4.69, 9.17) is 0 Å². The summed E-state index contributed by atoms with van der Waals surface area (Å²) in [7, 11) is 0. The van der Waals surface area contributed by atoms with E-state index in [0.717, 1.165) is 35.1 Å². The van der Waals surface area contributed by atoms with E-state index < -0.39 is 0 Å². The molecule has 0 amide bonds. The molecule has 1 saturated carbocycles. The first-order valence-corrected chi connectivity index (χ1v) is 16.0. The first kappa shape index (κ1) is 26.0. The van der Waals surface area contributed by atoms with Gasteiger partial charge in [-0.2, -0.15) is 0 Å². The van der Waals surface area contributed by atoms with Gasteiger partial charge in [0.1, 0.15) is 0 Å². The van der Waals surface area contributed by atoms with Crippen LogP contribution in [0, 0.1) is 0 Å². The summed E-state index contributed by atoms with van der Waals surface area (Å²) in [6.45, 7) is 0. The number of hydrogen-bond donors (Lipinski definition) is 0. The standard InChI is InChI=1S/C42H32N2O/c45-42-43(32-13-3-4-14-32)38-19-9-10-20-39(38)44(42)33-25-23-29(24-26-33)40-34-15-5-7-17-36(34)41(37-18-8-6-16-35(37)40)31-22-21-28-11-1-2-12-30(28)27-31/h1-2,5-12,15-27,32H,3-4,13-14H2. The Kier molecular flexibility index (Phi) is 5.99. The lowest BCUT2D eigenvalue weighted by molar-refractivity contribution is 0.513. The molecule has 0 atom stereocenters. The van der Waals surface area contributed by atoms with Gasteiger partial charge >= 0.3 is 5.69 Å². The van der Waals surface area contributed by atoms with Gasteiger partial charge in [0, 0.05) is 6.04 Å². The van der Waals surface area contributed by atoms with Crippen LogP contribution in [-0.2, 0) is 0 Å². The van der Waals surface area contributed by atoms with Gasteiger partial charge in [-0.05, 0) is 97.7 Å². The van der Waals surface area contributed by atoms with Crippen molar-refractivity contribution in [3.8, 4) is 27.9 Å². The third-order valence-electron chi connectivity index (χ3n) is 9.85. The number of hydrogen-bond acceptors (Lipinski definition) is 1. The molecule has 1 aliphatic carbocycles. The minimum absolute atomic E-state index is 0.0616. The van der Waals surface area contributed by atoms with Gasteiger partial charge in [-0.15, -0.1) is 0 Å². The Balaban J connectivity index is 1.24. The van der Waals surface area contributed by atoms with Gasteiger partial charge in [0.05, 0.1) is 16.7 Å². The fourth-order valence-electron chi connectivity index (χ4n) is 7.81. The smallest absolute Gasteiger partial charge is 0.289 e. The second kappa shape index (κ2) is 10.3. The van der Waals surface area contributed by atoms with Crippen LogP contribution in [0.25, 0.3) is 71.3 Å². The van der Waals surface area contributed by atoms with E-state index in [0.29, 0.717) is 0 Å². The summed E-state index contributed by atoms with van der Waals surface area (Å²) < 4.78 is 3.94. The highest BCUT2D eigenvalue weighted by Gasteiger charge is 2.24. The van der Waals surface area contributed by atoms with E-state index in [1.165, 1.54) is 61.8 Å². The summed E-state index contributed by atoms with van der Waals surface area (Å²) in [6, 6.07) is 50.0. The molecule has 0 N–H and O–H groups in total. The molecule has 45 heavy (non-hydrogen) atoms. The van der Waals surface area contributed by atoms with Crippen LogP contribution in [0.2, 0.25) is 0 Å². The van der Waals surface area contributed by atoms with Crippen molar-refractivity contribution < 1.29 is 0 Å². The molecule has 216 valence electrons. The van der Waals surface area contributed by atoms with E-state index in [-0.39, 0.29) is 11.7 Å². The third kappa shape index (κ3) is 4.08. The summed E-state index contributed by atoms with van der Waals surface area (Å²) >= 11 is 0. The van der Waals surface area contributed by atoms with Crippen molar-refractivity contribution in [1.82, 2.24) is 9.13 Å². The van der Waals surface area contributed by atoms with Gasteiger partial charge in [-0.3, -0.25) is 9.13 Å². The van der Waals surface area contributed by atoms with Gasteiger partial charge in [0.15, 0.2) is 0 Å². The van der Waals surface area contributed by atoms with Crippen LogP contribution in [-0.4, -0.2) is 9.13 Å². The Morgan fingerprint density at radius 1 is 0.489 bits per heavy atom. The van der Waals surface area contributed by atoms with Crippen LogP contribution in [0.15, 0.2) is 144 Å². The molecular weight excluding hydrogens is 548 g/mol. The van der Waals surface area contributed by atoms with E-state index in [2.05, 4.69) is 127 Å². The largest absolute Gasteiger partial charge is 0.333 e. The van der Waals surface area contributed by atoms with Gasteiger partial charge in [0.25, 0.3) is 0 Å². The molecular formula is C42H32N2O. The lowest BCUT2D eigenvalue weighted by atomic mass is 9.85. The predicted octanol–water partition coefficient (Wildman–Crippen LogP) is 10.7. The molecule has 0 unspecified atom stereocenters. The van der Waals surface area contributed by atoms with Crippen LogP contribution >= 0.6 is 0 Å². The fourth-order valence-corrected chi connectivity index (χ4v) is 7.81. The van der Waals surface area contributed by atoms with Crippen LogP contribution in [0.4, 0.5) is 0 Å². The highest BCUT2D eigenvalue weighted by Crippen LogP contribution is 2.44. The van der Waals surface area contributed by atoms with E-state index in [1.54, 1.807) is 0 Å². The topological polar surface area (TPSA) is 26.9 Å². The third-order valence-corrected chi connectivity index (χ3v) is 9.85. The van der Waals surface area contributed by atoms with Gasteiger partial charge in [0.2, 0.25) is 0 Å². The zero-order chi connectivity index (χ0) is 29.9. The molecule has 0 saturated heterocycles. The molecule has 0 bridgehead atoms. The molecule has 1 heterocycles. The van der Waals surface area contributed by atoms with E-state index >= 15 is 0 Å².